The van der Waals surface area contributed by atoms with E-state index in [1.54, 1.807) is 0 Å². The van der Waals surface area contributed by atoms with E-state index in [0.29, 0.717) is 0 Å². The van der Waals surface area contributed by atoms with Crippen molar-refractivity contribution in [2.45, 2.75) is 58.1 Å². The molecule has 1 unspecified atom stereocenters. The number of aliphatic hydroxyl groups excluding tert-OH is 1. The van der Waals surface area contributed by atoms with Gasteiger partial charge in [0.15, 0.2) is 6.10 Å². The number of hydrogen-bond donors (Lipinski definition) is 4. The van der Waals surface area contributed by atoms with Gasteiger partial charge in [-0.2, -0.15) is 0 Å². The maximum absolute atomic E-state index is 11.7. The summed E-state index contributed by atoms with van der Waals surface area (Å²) in [4.78, 5) is 22.1. The lowest BCUT2D eigenvalue weighted by Crippen LogP contribution is -2.50. The Kier molecular flexibility index (Phi) is 5.60. The molecule has 0 spiro atoms. The molecule has 19 heavy (non-hydrogen) atoms. The molecule has 0 radical (unpaired) electrons. The molecule has 6 nitrogen and oxygen atoms in total. The van der Waals surface area contributed by atoms with Crippen LogP contribution in [0, 0.1) is 5.41 Å². The molecule has 0 heterocycles. The molecule has 2 amide bonds. The highest BCUT2D eigenvalue weighted by Gasteiger charge is 2.33. The molecule has 0 aromatic heterocycles. The van der Waals surface area contributed by atoms with Crippen molar-refractivity contribution in [1.82, 2.24) is 10.6 Å². The fraction of sp³-hybridized carbons (Fsp3) is 0.846. The number of aliphatic carboxylic acids is 1. The maximum Gasteiger partial charge on any atom is 0.332 e. The molecule has 0 aliphatic heterocycles. The van der Waals surface area contributed by atoms with Crippen LogP contribution < -0.4 is 10.6 Å². The smallest absolute Gasteiger partial charge is 0.332 e. The number of carbonyl (C=O) groups is 2. The number of carbonyl (C=O) groups excluding carboxylic acids is 1. The number of rotatable bonds is 5. The number of urea groups is 1. The molecular weight excluding hydrogens is 248 g/mol. The average molecular weight is 272 g/mol. The Balaban J connectivity index is 2.29. The van der Waals surface area contributed by atoms with Crippen molar-refractivity contribution in [2.24, 2.45) is 5.41 Å². The average Bonchev–Trinajstić information content (AvgIpc) is 2.31. The quantitative estimate of drug-likeness (QED) is 0.602. The van der Waals surface area contributed by atoms with Crippen LogP contribution in [0.3, 0.4) is 0 Å². The van der Waals surface area contributed by atoms with Gasteiger partial charge in [-0.25, -0.2) is 9.59 Å². The number of aliphatic hydroxyl groups is 1. The summed E-state index contributed by atoms with van der Waals surface area (Å²) in [5, 5.41) is 23.1. The van der Waals surface area contributed by atoms with Gasteiger partial charge in [-0.05, 0) is 18.3 Å². The summed E-state index contributed by atoms with van der Waals surface area (Å²) < 4.78 is 0. The highest BCUT2D eigenvalue weighted by molar-refractivity contribution is 5.74. The van der Waals surface area contributed by atoms with Crippen LogP contribution in [-0.2, 0) is 4.79 Å². The van der Waals surface area contributed by atoms with Gasteiger partial charge in [0.2, 0.25) is 0 Å². The van der Waals surface area contributed by atoms with Gasteiger partial charge in [0.25, 0.3) is 0 Å². The van der Waals surface area contributed by atoms with Crippen molar-refractivity contribution in [1.29, 1.82) is 0 Å². The molecule has 1 saturated carbocycles. The number of nitrogens with one attached hydrogen (secondary N) is 2. The van der Waals surface area contributed by atoms with Crippen LogP contribution >= 0.6 is 0 Å². The van der Waals surface area contributed by atoms with E-state index >= 15 is 0 Å². The highest BCUT2D eigenvalue weighted by Crippen LogP contribution is 2.35. The summed E-state index contributed by atoms with van der Waals surface area (Å²) >= 11 is 0. The van der Waals surface area contributed by atoms with Gasteiger partial charge in [-0.3, -0.25) is 0 Å². The van der Waals surface area contributed by atoms with Crippen molar-refractivity contribution in [3.05, 3.63) is 0 Å². The van der Waals surface area contributed by atoms with Crippen LogP contribution in [-0.4, -0.2) is 40.9 Å². The predicted molar refractivity (Wildman–Crippen MR) is 70.8 cm³/mol. The molecule has 110 valence electrons. The fourth-order valence-corrected chi connectivity index (χ4v) is 2.42. The Hall–Kier alpha value is -1.30. The molecule has 1 aliphatic rings. The van der Waals surface area contributed by atoms with Crippen molar-refractivity contribution in [2.75, 3.05) is 6.54 Å². The SMILES string of the molecule is CC1(C)CCCCC1NC(=O)NCC[C@H](O)C(=O)O. The second-order valence-corrected chi connectivity index (χ2v) is 5.83. The minimum absolute atomic E-state index is 0.0107. The third-order valence-electron chi connectivity index (χ3n) is 3.80. The second-order valence-electron chi connectivity index (χ2n) is 5.83. The standard InChI is InChI=1S/C13H24N2O4/c1-13(2)7-4-3-5-10(13)15-12(19)14-8-6-9(16)11(17)18/h9-10,16H,3-8H2,1-2H3,(H,17,18)(H2,14,15,19)/t9-,10?/m0/s1. The summed E-state index contributed by atoms with van der Waals surface area (Å²) in [6, 6.07) is -0.150. The lowest BCUT2D eigenvalue weighted by atomic mass is 9.73. The first kappa shape index (κ1) is 15.8. The minimum atomic E-state index is -1.42. The number of hydrogen-bond acceptors (Lipinski definition) is 3. The van der Waals surface area contributed by atoms with E-state index in [0.717, 1.165) is 19.3 Å². The Morgan fingerprint density at radius 1 is 1.37 bits per heavy atom. The van der Waals surface area contributed by atoms with E-state index < -0.39 is 12.1 Å². The van der Waals surface area contributed by atoms with Gasteiger partial charge in [-0.15, -0.1) is 0 Å². The van der Waals surface area contributed by atoms with E-state index in [-0.39, 0.29) is 30.5 Å². The van der Waals surface area contributed by atoms with Crippen molar-refractivity contribution < 1.29 is 19.8 Å². The zero-order valence-electron chi connectivity index (χ0n) is 11.6. The van der Waals surface area contributed by atoms with Crippen molar-refractivity contribution >= 4 is 12.0 Å². The van der Waals surface area contributed by atoms with E-state index in [2.05, 4.69) is 24.5 Å². The molecule has 4 N–H and O–H groups in total. The number of carboxylic acid groups (broad SMARTS) is 1. The molecule has 2 atom stereocenters. The van der Waals surface area contributed by atoms with Crippen molar-refractivity contribution in [3.63, 3.8) is 0 Å². The van der Waals surface area contributed by atoms with Crippen molar-refractivity contribution in [3.8, 4) is 0 Å². The Labute approximate surface area is 113 Å². The molecule has 1 aliphatic carbocycles. The first-order valence-electron chi connectivity index (χ1n) is 6.78. The van der Waals surface area contributed by atoms with Crippen LogP contribution in [0.5, 0.6) is 0 Å². The van der Waals surface area contributed by atoms with Crippen LogP contribution in [0.25, 0.3) is 0 Å². The second kappa shape index (κ2) is 6.75. The van der Waals surface area contributed by atoms with Crippen LogP contribution in [0.2, 0.25) is 0 Å². The van der Waals surface area contributed by atoms with Gasteiger partial charge in [0.05, 0.1) is 0 Å². The molecule has 0 saturated heterocycles. The number of carboxylic acids is 1. The number of amides is 2. The molecular formula is C13H24N2O4. The molecule has 0 aromatic carbocycles. The molecule has 0 bridgehead atoms. The third kappa shape index (κ3) is 5.06. The molecule has 0 aromatic rings. The van der Waals surface area contributed by atoms with Crippen LogP contribution in [0.15, 0.2) is 0 Å². The van der Waals surface area contributed by atoms with E-state index in [9.17, 15) is 9.59 Å². The van der Waals surface area contributed by atoms with Gasteiger partial charge in [0, 0.05) is 19.0 Å². The fourth-order valence-electron chi connectivity index (χ4n) is 2.42. The first-order valence-corrected chi connectivity index (χ1v) is 6.78. The summed E-state index contributed by atoms with van der Waals surface area (Å²) in [7, 11) is 0. The predicted octanol–water partition coefficient (Wildman–Crippen LogP) is 1.09. The third-order valence-corrected chi connectivity index (χ3v) is 3.80. The van der Waals surface area contributed by atoms with Gasteiger partial charge in [0.1, 0.15) is 0 Å². The largest absolute Gasteiger partial charge is 0.479 e. The Morgan fingerprint density at radius 2 is 2.05 bits per heavy atom. The van der Waals surface area contributed by atoms with E-state index in [4.69, 9.17) is 10.2 Å². The van der Waals surface area contributed by atoms with Gasteiger partial charge < -0.3 is 20.8 Å². The zero-order chi connectivity index (χ0) is 14.5. The topological polar surface area (TPSA) is 98.7 Å². The van der Waals surface area contributed by atoms with E-state index in [1.165, 1.54) is 6.42 Å². The summed E-state index contributed by atoms with van der Waals surface area (Å²) in [5.74, 6) is -1.27. The minimum Gasteiger partial charge on any atom is -0.479 e. The normalized spacial score (nSPS) is 23.4. The monoisotopic (exact) mass is 272 g/mol. The lowest BCUT2D eigenvalue weighted by molar-refractivity contribution is -0.146. The molecule has 1 fully saturated rings. The summed E-state index contributed by atoms with van der Waals surface area (Å²) in [5.41, 5.74) is 0.0934. The summed E-state index contributed by atoms with van der Waals surface area (Å²) in [6.07, 6.45) is 2.96. The zero-order valence-corrected chi connectivity index (χ0v) is 11.6. The lowest BCUT2D eigenvalue weighted by Gasteiger charge is -2.38. The maximum atomic E-state index is 11.7. The molecule has 1 rings (SSSR count). The van der Waals surface area contributed by atoms with E-state index in [1.807, 2.05) is 0 Å². The van der Waals surface area contributed by atoms with Gasteiger partial charge in [-0.1, -0.05) is 26.7 Å². The van der Waals surface area contributed by atoms with Crippen LogP contribution in [0.1, 0.15) is 46.0 Å². The Bertz CT molecular complexity index is 331. The Morgan fingerprint density at radius 3 is 2.63 bits per heavy atom. The van der Waals surface area contributed by atoms with Crippen LogP contribution in [0.4, 0.5) is 4.79 Å². The summed E-state index contributed by atoms with van der Waals surface area (Å²) in [6.45, 7) is 4.43. The van der Waals surface area contributed by atoms with Gasteiger partial charge >= 0.3 is 12.0 Å². The highest BCUT2D eigenvalue weighted by atomic mass is 16.4. The first-order chi connectivity index (χ1) is 8.83. The molecule has 6 heteroatoms.